The molecule has 11 heteroatoms. The lowest BCUT2D eigenvalue weighted by Crippen LogP contribution is -2.19. The van der Waals surface area contributed by atoms with Crippen molar-refractivity contribution in [2.45, 2.75) is 11.8 Å². The lowest BCUT2D eigenvalue weighted by atomic mass is 10.2. The van der Waals surface area contributed by atoms with Crippen LogP contribution in [0.4, 0.5) is 16.2 Å². The summed E-state index contributed by atoms with van der Waals surface area (Å²) in [6, 6.07) is 25.6. The molecule has 0 saturated heterocycles. The third kappa shape index (κ3) is 5.12. The van der Waals surface area contributed by atoms with Crippen molar-refractivity contribution in [3.8, 4) is 21.1 Å². The van der Waals surface area contributed by atoms with Crippen molar-refractivity contribution in [1.82, 2.24) is 9.97 Å². The smallest absolute Gasteiger partial charge is 0.308 e. The third-order valence-corrected chi connectivity index (χ3v) is 9.40. The molecule has 2 heterocycles. The van der Waals surface area contributed by atoms with Crippen LogP contribution in [-0.4, -0.2) is 29.0 Å². The van der Waals surface area contributed by atoms with Gasteiger partial charge in [-0.2, -0.15) is 8.42 Å². The highest BCUT2D eigenvalue weighted by Crippen LogP contribution is 2.38. The Kier molecular flexibility index (Phi) is 6.35. The number of benzene rings is 4. The molecular formula is C28H20N4O4S3. The van der Waals surface area contributed by atoms with Crippen LogP contribution < -0.4 is 10.6 Å². The number of amides is 2. The van der Waals surface area contributed by atoms with E-state index in [9.17, 15) is 17.8 Å². The highest BCUT2D eigenvalue weighted by molar-refractivity contribution is 7.86. The van der Waals surface area contributed by atoms with E-state index in [-0.39, 0.29) is 10.9 Å². The molecule has 2 amide bonds. The van der Waals surface area contributed by atoms with Crippen LogP contribution in [0.15, 0.2) is 89.8 Å². The first-order valence-corrected chi connectivity index (χ1v) is 14.8. The molecule has 0 saturated carbocycles. The van der Waals surface area contributed by atoms with Crippen LogP contribution in [0.3, 0.4) is 0 Å². The van der Waals surface area contributed by atoms with Crippen molar-refractivity contribution >= 4 is 70.6 Å². The molecule has 0 bridgehead atoms. The topological polar surface area (TPSA) is 121 Å². The number of carbonyl (C=O) groups is 1. The molecule has 0 aliphatic carbocycles. The normalized spacial score (nSPS) is 11.6. The van der Waals surface area contributed by atoms with Crippen molar-refractivity contribution in [3.05, 3.63) is 90.5 Å². The Morgan fingerprint density at radius 1 is 0.769 bits per heavy atom. The molecule has 194 valence electrons. The van der Waals surface area contributed by atoms with E-state index in [2.05, 4.69) is 15.6 Å². The van der Waals surface area contributed by atoms with E-state index in [1.807, 2.05) is 72.8 Å². The van der Waals surface area contributed by atoms with Crippen molar-refractivity contribution in [2.75, 3.05) is 10.6 Å². The minimum Gasteiger partial charge on any atom is -0.308 e. The first-order valence-electron chi connectivity index (χ1n) is 11.8. The summed E-state index contributed by atoms with van der Waals surface area (Å²) >= 11 is 2.76. The van der Waals surface area contributed by atoms with E-state index in [4.69, 9.17) is 4.98 Å². The van der Waals surface area contributed by atoms with Crippen LogP contribution >= 0.6 is 22.7 Å². The number of hydrogen-bond acceptors (Lipinski definition) is 7. The van der Waals surface area contributed by atoms with Crippen LogP contribution in [0.2, 0.25) is 0 Å². The van der Waals surface area contributed by atoms with Crippen molar-refractivity contribution in [3.63, 3.8) is 0 Å². The number of nitrogens with zero attached hydrogens (tertiary/aromatic N) is 2. The maximum atomic E-state index is 12.3. The van der Waals surface area contributed by atoms with Crippen LogP contribution in [0.25, 0.3) is 41.6 Å². The number of nitrogens with one attached hydrogen (secondary N) is 2. The van der Waals surface area contributed by atoms with Crippen LogP contribution in [0, 0.1) is 6.92 Å². The maximum absolute atomic E-state index is 12.3. The van der Waals surface area contributed by atoms with E-state index in [0.717, 1.165) is 26.4 Å². The van der Waals surface area contributed by atoms with Crippen LogP contribution in [0.1, 0.15) is 5.56 Å². The fourth-order valence-corrected chi connectivity index (χ4v) is 7.52. The summed E-state index contributed by atoms with van der Waals surface area (Å²) in [6.07, 6.45) is 0. The summed E-state index contributed by atoms with van der Waals surface area (Å²) < 4.78 is 35.1. The molecule has 0 aliphatic heterocycles. The molecule has 0 unspecified atom stereocenters. The number of anilines is 2. The van der Waals surface area contributed by atoms with E-state index in [0.29, 0.717) is 32.2 Å². The molecule has 6 aromatic rings. The Labute approximate surface area is 231 Å². The Bertz CT molecular complexity index is 1970. The van der Waals surface area contributed by atoms with E-state index >= 15 is 0 Å². The number of rotatable bonds is 5. The fraction of sp³-hybridized carbons (Fsp3) is 0.0357. The molecule has 3 N–H and O–H groups in total. The largest absolute Gasteiger partial charge is 0.323 e. The van der Waals surface area contributed by atoms with Gasteiger partial charge in [-0.15, -0.1) is 22.7 Å². The molecule has 0 fully saturated rings. The highest BCUT2D eigenvalue weighted by Gasteiger charge is 2.21. The number of aryl methyl sites for hydroxylation is 1. The van der Waals surface area contributed by atoms with Crippen molar-refractivity contribution in [1.29, 1.82) is 0 Å². The molecular weight excluding hydrogens is 553 g/mol. The van der Waals surface area contributed by atoms with Gasteiger partial charge in [-0.25, -0.2) is 14.8 Å². The first-order chi connectivity index (χ1) is 18.7. The number of hydrogen-bond donors (Lipinski definition) is 3. The predicted octanol–water partition coefficient (Wildman–Crippen LogP) is 7.44. The summed E-state index contributed by atoms with van der Waals surface area (Å²) in [7, 11) is -4.38. The van der Waals surface area contributed by atoms with E-state index in [1.165, 1.54) is 22.7 Å². The van der Waals surface area contributed by atoms with Crippen molar-refractivity contribution in [2.24, 2.45) is 0 Å². The second-order valence-corrected chi connectivity index (χ2v) is 12.2. The zero-order chi connectivity index (χ0) is 27.1. The second kappa shape index (κ2) is 9.86. The average molecular weight is 573 g/mol. The van der Waals surface area contributed by atoms with E-state index < -0.39 is 10.1 Å². The zero-order valence-corrected chi connectivity index (χ0v) is 22.8. The van der Waals surface area contributed by atoms with Gasteiger partial charge in [0.15, 0.2) is 0 Å². The minimum absolute atomic E-state index is 0.0969. The van der Waals surface area contributed by atoms with Gasteiger partial charge in [0.2, 0.25) is 0 Å². The number of thiazole rings is 2. The molecule has 6 rings (SSSR count). The standard InChI is InChI=1S/C28H20N4O4S3/c1-16-7-13-22-24(25(16)39(34,35)36)38-27(32-22)18-10-14-21-23(15-18)37-26(31-21)17-8-11-20(12-9-17)30-28(33)29-19-5-3-2-4-6-19/h2-15H,1H3,(H2,29,30,33)(H,34,35,36). The molecule has 39 heavy (non-hydrogen) atoms. The first kappa shape index (κ1) is 25.1. The number of urea groups is 1. The second-order valence-electron chi connectivity index (χ2n) is 8.78. The Hall–Kier alpha value is -4.16. The molecule has 0 radical (unpaired) electrons. The lowest BCUT2D eigenvalue weighted by molar-refractivity contribution is 0.262. The van der Waals surface area contributed by atoms with E-state index in [1.54, 1.807) is 19.1 Å². The van der Waals surface area contributed by atoms with Gasteiger partial charge >= 0.3 is 6.03 Å². The highest BCUT2D eigenvalue weighted by atomic mass is 32.2. The van der Waals surface area contributed by atoms with Gasteiger partial charge in [0, 0.05) is 22.5 Å². The zero-order valence-electron chi connectivity index (χ0n) is 20.4. The molecule has 8 nitrogen and oxygen atoms in total. The van der Waals surface area contributed by atoms with Gasteiger partial charge in [-0.3, -0.25) is 4.55 Å². The molecule has 0 spiro atoms. The average Bonchev–Trinajstić information content (AvgIpc) is 3.52. The van der Waals surface area contributed by atoms with Gasteiger partial charge in [-0.05, 0) is 73.2 Å². The quantitative estimate of drug-likeness (QED) is 0.185. The number of aromatic nitrogens is 2. The minimum atomic E-state index is -4.38. The summed E-state index contributed by atoms with van der Waals surface area (Å²) in [6.45, 7) is 1.65. The Balaban J connectivity index is 1.25. The maximum Gasteiger partial charge on any atom is 0.323 e. The van der Waals surface area contributed by atoms with Gasteiger partial charge < -0.3 is 10.6 Å². The third-order valence-electron chi connectivity index (χ3n) is 6.02. The lowest BCUT2D eigenvalue weighted by Gasteiger charge is -2.07. The van der Waals surface area contributed by atoms with Gasteiger partial charge in [0.25, 0.3) is 10.1 Å². The summed E-state index contributed by atoms with van der Waals surface area (Å²) in [5.41, 5.74) is 4.94. The summed E-state index contributed by atoms with van der Waals surface area (Å²) in [4.78, 5) is 21.5. The molecule has 0 aliphatic rings. The predicted molar refractivity (Wildman–Crippen MR) is 157 cm³/mol. The Morgan fingerprint density at radius 2 is 1.38 bits per heavy atom. The SMILES string of the molecule is Cc1ccc2nc(-c3ccc4nc(-c5ccc(NC(=O)Nc6ccccc6)cc5)sc4c3)sc2c1S(=O)(=O)O. The summed E-state index contributed by atoms with van der Waals surface area (Å²) in [5.74, 6) is 0. The van der Waals surface area contributed by atoms with Crippen molar-refractivity contribution < 1.29 is 17.8 Å². The van der Waals surface area contributed by atoms with Gasteiger partial charge in [0.05, 0.1) is 20.4 Å². The Morgan fingerprint density at radius 3 is 2.10 bits per heavy atom. The molecule has 4 aromatic carbocycles. The summed E-state index contributed by atoms with van der Waals surface area (Å²) in [5, 5.41) is 7.09. The van der Waals surface area contributed by atoms with Crippen LogP contribution in [0.5, 0.6) is 0 Å². The molecule has 0 atom stereocenters. The monoisotopic (exact) mass is 572 g/mol. The van der Waals surface area contributed by atoms with Gasteiger partial charge in [0.1, 0.15) is 14.9 Å². The fourth-order valence-electron chi connectivity index (χ4n) is 4.20. The number of carbonyl (C=O) groups excluding carboxylic acids is 1. The van der Waals surface area contributed by atoms with Crippen LogP contribution in [-0.2, 0) is 10.1 Å². The van der Waals surface area contributed by atoms with Gasteiger partial charge in [-0.1, -0.05) is 24.3 Å². The number of para-hydroxylation sites is 1. The number of fused-ring (bicyclic) bond motifs is 2. The molecule has 2 aromatic heterocycles.